The fraction of sp³-hybridized carbons (Fsp3) is 0.154. The van der Waals surface area contributed by atoms with Crippen molar-refractivity contribution in [1.82, 2.24) is 0 Å². The summed E-state index contributed by atoms with van der Waals surface area (Å²) in [6.07, 6.45) is 2.84. The van der Waals surface area contributed by atoms with E-state index in [2.05, 4.69) is 5.32 Å². The van der Waals surface area contributed by atoms with Crippen LogP contribution in [0.25, 0.3) is 6.08 Å². The molecule has 0 aliphatic rings. The maximum Gasteiger partial charge on any atom is 0.331 e. The lowest BCUT2D eigenvalue weighted by Crippen LogP contribution is -2.20. The number of esters is 1. The lowest BCUT2D eigenvalue weighted by molar-refractivity contribution is -0.142. The number of ether oxygens (including phenoxy) is 3. The zero-order valence-electron chi connectivity index (χ0n) is 18.4. The third-order valence-electron chi connectivity index (χ3n) is 4.53. The summed E-state index contributed by atoms with van der Waals surface area (Å²) >= 11 is 12.3. The molecule has 0 atom stereocenters. The van der Waals surface area contributed by atoms with Gasteiger partial charge in [-0.2, -0.15) is 0 Å². The Morgan fingerprint density at radius 1 is 0.882 bits per heavy atom. The first kappa shape index (κ1) is 25.1. The number of hydrogen-bond acceptors (Lipinski definition) is 5. The van der Waals surface area contributed by atoms with Gasteiger partial charge in [0.15, 0.2) is 6.61 Å². The summed E-state index contributed by atoms with van der Waals surface area (Å²) in [4.78, 5) is 23.9. The summed E-state index contributed by atoms with van der Waals surface area (Å²) in [5.74, 6) is 0.268. The lowest BCUT2D eigenvalue weighted by Gasteiger charge is -2.09. The fourth-order valence-corrected chi connectivity index (χ4v) is 3.35. The second kappa shape index (κ2) is 12.7. The maximum absolute atomic E-state index is 12.0. The predicted molar refractivity (Wildman–Crippen MR) is 133 cm³/mol. The summed E-state index contributed by atoms with van der Waals surface area (Å²) in [5.41, 5.74) is 2.06. The van der Waals surface area contributed by atoms with E-state index < -0.39 is 18.5 Å². The Kier molecular flexibility index (Phi) is 9.38. The monoisotopic (exact) mass is 499 g/mol. The minimum absolute atomic E-state index is 0.235. The van der Waals surface area contributed by atoms with Gasteiger partial charge in [0.05, 0.1) is 6.61 Å². The highest BCUT2D eigenvalue weighted by Crippen LogP contribution is 2.26. The SMILES string of the molecule is CCOc1ccc(NC(=O)COC(=O)C=Cc2ccc(OCc3c(Cl)cccc3Cl)cc2)cc1. The molecule has 3 aromatic rings. The summed E-state index contributed by atoms with van der Waals surface area (Å²) in [6, 6.07) is 19.3. The molecule has 34 heavy (non-hydrogen) atoms. The summed E-state index contributed by atoms with van der Waals surface area (Å²) in [6.45, 7) is 2.29. The highest BCUT2D eigenvalue weighted by Gasteiger charge is 2.07. The first-order chi connectivity index (χ1) is 16.4. The maximum atomic E-state index is 12.0. The molecule has 1 N–H and O–H groups in total. The molecule has 0 saturated carbocycles. The van der Waals surface area contributed by atoms with Crippen molar-refractivity contribution in [1.29, 1.82) is 0 Å². The van der Waals surface area contributed by atoms with Crippen molar-refractivity contribution in [3.8, 4) is 11.5 Å². The highest BCUT2D eigenvalue weighted by atomic mass is 35.5. The van der Waals surface area contributed by atoms with Crippen LogP contribution in [-0.2, 0) is 20.9 Å². The molecule has 3 rings (SSSR count). The van der Waals surface area contributed by atoms with Gasteiger partial charge in [-0.25, -0.2) is 4.79 Å². The van der Waals surface area contributed by atoms with E-state index in [1.165, 1.54) is 6.08 Å². The number of carbonyl (C=O) groups is 2. The number of amides is 1. The van der Waals surface area contributed by atoms with Crippen molar-refractivity contribution in [3.63, 3.8) is 0 Å². The highest BCUT2D eigenvalue weighted by molar-refractivity contribution is 6.35. The topological polar surface area (TPSA) is 73.9 Å². The number of hydrogen-bond donors (Lipinski definition) is 1. The van der Waals surface area contributed by atoms with E-state index in [0.717, 1.165) is 5.56 Å². The van der Waals surface area contributed by atoms with Crippen LogP contribution in [0.5, 0.6) is 11.5 Å². The van der Waals surface area contributed by atoms with Crippen LogP contribution < -0.4 is 14.8 Å². The van der Waals surface area contributed by atoms with Crippen LogP contribution in [0.1, 0.15) is 18.1 Å². The minimum Gasteiger partial charge on any atom is -0.494 e. The van der Waals surface area contributed by atoms with E-state index >= 15 is 0 Å². The number of halogens is 2. The second-order valence-corrected chi connectivity index (χ2v) is 7.82. The molecule has 8 heteroatoms. The smallest absolute Gasteiger partial charge is 0.331 e. The van der Waals surface area contributed by atoms with E-state index in [0.29, 0.717) is 39.4 Å². The average molecular weight is 500 g/mol. The Morgan fingerprint density at radius 3 is 2.15 bits per heavy atom. The molecule has 0 unspecified atom stereocenters. The molecule has 6 nitrogen and oxygen atoms in total. The van der Waals surface area contributed by atoms with Crippen LogP contribution in [-0.4, -0.2) is 25.1 Å². The molecule has 3 aromatic carbocycles. The number of nitrogens with one attached hydrogen (secondary N) is 1. The normalized spacial score (nSPS) is 10.7. The Morgan fingerprint density at radius 2 is 1.50 bits per heavy atom. The van der Waals surface area contributed by atoms with Gasteiger partial charge in [0, 0.05) is 27.4 Å². The van der Waals surface area contributed by atoms with Gasteiger partial charge >= 0.3 is 5.97 Å². The Bertz CT molecular complexity index is 1120. The molecule has 0 aliphatic heterocycles. The van der Waals surface area contributed by atoms with E-state index in [1.54, 1.807) is 72.8 Å². The van der Waals surface area contributed by atoms with Gasteiger partial charge in [0.2, 0.25) is 0 Å². The van der Waals surface area contributed by atoms with Crippen molar-refractivity contribution in [2.45, 2.75) is 13.5 Å². The largest absolute Gasteiger partial charge is 0.494 e. The zero-order valence-corrected chi connectivity index (χ0v) is 19.9. The molecule has 0 saturated heterocycles. The molecule has 176 valence electrons. The van der Waals surface area contributed by atoms with Crippen LogP contribution in [0.4, 0.5) is 5.69 Å². The number of carbonyl (C=O) groups excluding carboxylic acids is 2. The van der Waals surface area contributed by atoms with Gasteiger partial charge in [-0.05, 0) is 67.1 Å². The first-order valence-corrected chi connectivity index (χ1v) is 11.2. The second-order valence-electron chi connectivity index (χ2n) is 7.00. The van der Waals surface area contributed by atoms with Gasteiger partial charge in [0.1, 0.15) is 18.1 Å². The van der Waals surface area contributed by atoms with Gasteiger partial charge < -0.3 is 19.5 Å². The molecule has 0 aromatic heterocycles. The van der Waals surface area contributed by atoms with Crippen molar-refractivity contribution < 1.29 is 23.8 Å². The molecular formula is C26H23Cl2NO5. The number of benzene rings is 3. The van der Waals surface area contributed by atoms with E-state index in [4.69, 9.17) is 37.4 Å². The third-order valence-corrected chi connectivity index (χ3v) is 5.24. The molecular weight excluding hydrogens is 477 g/mol. The molecule has 0 heterocycles. The Hall–Kier alpha value is -3.48. The summed E-state index contributed by atoms with van der Waals surface area (Å²) in [7, 11) is 0. The quantitative estimate of drug-likeness (QED) is 0.266. The molecule has 0 bridgehead atoms. The molecule has 0 spiro atoms. The first-order valence-electron chi connectivity index (χ1n) is 10.5. The Labute approximate surface area is 208 Å². The summed E-state index contributed by atoms with van der Waals surface area (Å²) < 4.78 is 16.1. The van der Waals surface area contributed by atoms with Crippen LogP contribution in [0.3, 0.4) is 0 Å². The molecule has 0 radical (unpaired) electrons. The number of anilines is 1. The van der Waals surface area contributed by atoms with E-state index in [9.17, 15) is 9.59 Å². The van der Waals surface area contributed by atoms with Crippen LogP contribution >= 0.6 is 23.2 Å². The van der Waals surface area contributed by atoms with Gasteiger partial charge in [-0.3, -0.25) is 4.79 Å². The lowest BCUT2D eigenvalue weighted by atomic mass is 10.2. The standard InChI is InChI=1S/C26H23Cl2NO5/c1-2-32-20-13-9-19(10-14-20)29-25(30)17-34-26(31)15-8-18-6-11-21(12-7-18)33-16-22-23(27)4-3-5-24(22)28/h3-15H,2,16-17H2,1H3,(H,29,30). The van der Waals surface area contributed by atoms with Gasteiger partial charge in [-0.15, -0.1) is 0 Å². The molecule has 0 aliphatic carbocycles. The number of rotatable bonds is 10. The Balaban J connectivity index is 1.43. The summed E-state index contributed by atoms with van der Waals surface area (Å²) in [5, 5.41) is 3.73. The van der Waals surface area contributed by atoms with Gasteiger partial charge in [-0.1, -0.05) is 41.4 Å². The van der Waals surface area contributed by atoms with E-state index in [1.807, 2.05) is 6.92 Å². The molecule has 1 amide bonds. The van der Waals surface area contributed by atoms with Crippen molar-refractivity contribution in [2.75, 3.05) is 18.5 Å². The van der Waals surface area contributed by atoms with Crippen LogP contribution in [0.15, 0.2) is 72.8 Å². The minimum atomic E-state index is -0.629. The fourth-order valence-electron chi connectivity index (χ4n) is 2.85. The van der Waals surface area contributed by atoms with Crippen molar-refractivity contribution in [3.05, 3.63) is 94.0 Å². The van der Waals surface area contributed by atoms with Gasteiger partial charge in [0.25, 0.3) is 5.91 Å². The van der Waals surface area contributed by atoms with E-state index in [-0.39, 0.29) is 6.61 Å². The van der Waals surface area contributed by atoms with Crippen LogP contribution in [0.2, 0.25) is 10.0 Å². The van der Waals surface area contributed by atoms with Crippen molar-refractivity contribution >= 4 is 46.8 Å². The van der Waals surface area contributed by atoms with Crippen molar-refractivity contribution in [2.24, 2.45) is 0 Å². The molecule has 0 fully saturated rings. The average Bonchev–Trinajstić information content (AvgIpc) is 2.83. The zero-order chi connectivity index (χ0) is 24.3. The third kappa shape index (κ3) is 7.83. The predicted octanol–water partition coefficient (Wildman–Crippen LogP) is 6.17. The van der Waals surface area contributed by atoms with Crippen LogP contribution in [0, 0.1) is 0 Å².